The molecule has 2 N–H and O–H groups in total. The summed E-state index contributed by atoms with van der Waals surface area (Å²) < 4.78 is 27.6. The molecule has 0 aliphatic rings. The molecule has 3 aromatic rings. The van der Waals surface area contributed by atoms with E-state index in [-0.39, 0.29) is 10.3 Å². The molecular weight excluding hydrogens is 322 g/mol. The van der Waals surface area contributed by atoms with Crippen molar-refractivity contribution in [1.29, 1.82) is 0 Å². The highest BCUT2D eigenvalue weighted by atomic mass is 32.2. The van der Waals surface area contributed by atoms with Crippen LogP contribution in [0.3, 0.4) is 0 Å². The Morgan fingerprint density at radius 2 is 1.79 bits per heavy atom. The highest BCUT2D eigenvalue weighted by Gasteiger charge is 2.19. The van der Waals surface area contributed by atoms with Crippen LogP contribution in [-0.4, -0.2) is 24.9 Å². The lowest BCUT2D eigenvalue weighted by Crippen LogP contribution is -2.32. The lowest BCUT2D eigenvalue weighted by molar-refractivity contribution is 0.407. The minimum absolute atomic E-state index is 0.119. The molecule has 0 atom stereocenters. The highest BCUT2D eigenvalue weighted by Crippen LogP contribution is 2.23. The van der Waals surface area contributed by atoms with Crippen molar-refractivity contribution in [3.05, 3.63) is 48.5 Å². The van der Waals surface area contributed by atoms with Gasteiger partial charge in [-0.1, -0.05) is 51.1 Å². The normalized spacial score (nSPS) is 12.6. The molecule has 0 saturated carbocycles. The number of sulfonamides is 1. The van der Waals surface area contributed by atoms with E-state index in [4.69, 9.17) is 0 Å². The molecule has 0 fully saturated rings. The number of hydrogen-bond donors (Lipinski definition) is 2. The SMILES string of the molecule is CC(C)(C)CNS(=O)(=O)c1ccc2nc(-c3ccccc3)[nH]c2c1. The minimum atomic E-state index is -3.54. The summed E-state index contributed by atoms with van der Waals surface area (Å²) in [5, 5.41) is 0. The molecule has 2 aromatic carbocycles. The molecule has 0 aliphatic heterocycles. The van der Waals surface area contributed by atoms with E-state index >= 15 is 0 Å². The molecule has 126 valence electrons. The van der Waals surface area contributed by atoms with Gasteiger partial charge in [-0.3, -0.25) is 0 Å². The number of aromatic amines is 1. The molecule has 5 nitrogen and oxygen atoms in total. The summed E-state index contributed by atoms with van der Waals surface area (Å²) >= 11 is 0. The zero-order valence-corrected chi connectivity index (χ0v) is 14.8. The Bertz CT molecular complexity index is 955. The van der Waals surface area contributed by atoms with E-state index in [2.05, 4.69) is 14.7 Å². The Morgan fingerprint density at radius 1 is 1.08 bits per heavy atom. The first kappa shape index (κ1) is 16.7. The third-order valence-corrected chi connectivity index (χ3v) is 5.00. The van der Waals surface area contributed by atoms with Gasteiger partial charge in [-0.25, -0.2) is 18.1 Å². The van der Waals surface area contributed by atoms with Gasteiger partial charge in [0.2, 0.25) is 10.0 Å². The molecule has 1 heterocycles. The fourth-order valence-corrected chi connectivity index (χ4v) is 3.59. The Morgan fingerprint density at radius 3 is 2.46 bits per heavy atom. The van der Waals surface area contributed by atoms with Crippen molar-refractivity contribution in [3.8, 4) is 11.4 Å². The molecule has 24 heavy (non-hydrogen) atoms. The molecule has 0 aliphatic carbocycles. The molecule has 6 heteroatoms. The molecule has 0 radical (unpaired) electrons. The van der Waals surface area contributed by atoms with Gasteiger partial charge < -0.3 is 4.98 Å². The van der Waals surface area contributed by atoms with Crippen LogP contribution in [0.2, 0.25) is 0 Å². The monoisotopic (exact) mass is 343 g/mol. The van der Waals surface area contributed by atoms with Crippen LogP contribution in [-0.2, 0) is 10.0 Å². The summed E-state index contributed by atoms with van der Waals surface area (Å²) in [6.07, 6.45) is 0. The van der Waals surface area contributed by atoms with Gasteiger partial charge in [0.25, 0.3) is 0 Å². The van der Waals surface area contributed by atoms with Crippen LogP contribution in [0, 0.1) is 5.41 Å². The second-order valence-electron chi connectivity index (χ2n) is 7.02. The van der Waals surface area contributed by atoms with Crippen molar-refractivity contribution in [2.75, 3.05) is 6.54 Å². The van der Waals surface area contributed by atoms with E-state index in [0.29, 0.717) is 12.1 Å². The summed E-state index contributed by atoms with van der Waals surface area (Å²) in [6, 6.07) is 14.7. The molecule has 0 saturated heterocycles. The van der Waals surface area contributed by atoms with Gasteiger partial charge in [-0.05, 0) is 23.6 Å². The van der Waals surface area contributed by atoms with Gasteiger partial charge in [-0.2, -0.15) is 0 Å². The molecule has 3 rings (SSSR count). The fourth-order valence-electron chi connectivity index (χ4n) is 2.28. The Kier molecular flexibility index (Phi) is 4.19. The van der Waals surface area contributed by atoms with Crippen LogP contribution >= 0.6 is 0 Å². The summed E-state index contributed by atoms with van der Waals surface area (Å²) in [7, 11) is -3.54. The molecular formula is C18H21N3O2S. The number of H-pyrrole nitrogens is 1. The summed E-state index contributed by atoms with van der Waals surface area (Å²) in [4.78, 5) is 7.95. The van der Waals surface area contributed by atoms with Crippen molar-refractivity contribution < 1.29 is 8.42 Å². The number of imidazole rings is 1. The van der Waals surface area contributed by atoms with E-state index in [1.165, 1.54) is 0 Å². The van der Waals surface area contributed by atoms with E-state index in [9.17, 15) is 8.42 Å². The standard InChI is InChI=1S/C18H21N3O2S/c1-18(2,3)12-19-24(22,23)14-9-10-15-16(11-14)21-17(20-15)13-7-5-4-6-8-13/h4-11,19H,12H2,1-3H3,(H,20,21). The number of benzene rings is 2. The van der Waals surface area contributed by atoms with Crippen molar-refractivity contribution in [2.24, 2.45) is 5.41 Å². The molecule has 0 bridgehead atoms. The van der Waals surface area contributed by atoms with Gasteiger partial charge >= 0.3 is 0 Å². The van der Waals surface area contributed by atoms with Crippen LogP contribution < -0.4 is 4.72 Å². The smallest absolute Gasteiger partial charge is 0.240 e. The lowest BCUT2D eigenvalue weighted by atomic mass is 9.98. The fraction of sp³-hybridized carbons (Fsp3) is 0.278. The number of aromatic nitrogens is 2. The quantitative estimate of drug-likeness (QED) is 0.760. The third kappa shape index (κ3) is 3.66. The van der Waals surface area contributed by atoms with E-state index in [1.54, 1.807) is 18.2 Å². The van der Waals surface area contributed by atoms with Gasteiger partial charge in [0.1, 0.15) is 5.82 Å². The second kappa shape index (κ2) is 6.03. The van der Waals surface area contributed by atoms with Crippen LogP contribution in [0.1, 0.15) is 20.8 Å². The van der Waals surface area contributed by atoms with E-state index < -0.39 is 10.0 Å². The first-order valence-corrected chi connectivity index (χ1v) is 9.28. The predicted octanol–water partition coefficient (Wildman–Crippen LogP) is 3.55. The average molecular weight is 343 g/mol. The molecule has 0 spiro atoms. The highest BCUT2D eigenvalue weighted by molar-refractivity contribution is 7.89. The van der Waals surface area contributed by atoms with Gasteiger partial charge in [-0.15, -0.1) is 0 Å². The van der Waals surface area contributed by atoms with Crippen LogP contribution in [0.4, 0.5) is 0 Å². The summed E-state index contributed by atoms with van der Waals surface area (Å²) in [5.74, 6) is 0.725. The Balaban J connectivity index is 1.94. The number of nitrogens with zero attached hydrogens (tertiary/aromatic N) is 1. The lowest BCUT2D eigenvalue weighted by Gasteiger charge is -2.18. The molecule has 0 unspecified atom stereocenters. The van der Waals surface area contributed by atoms with Gasteiger partial charge in [0, 0.05) is 12.1 Å². The summed E-state index contributed by atoms with van der Waals surface area (Å²) in [6.45, 7) is 6.34. The largest absolute Gasteiger partial charge is 0.338 e. The Labute approximate surface area is 142 Å². The van der Waals surface area contributed by atoms with Crippen molar-refractivity contribution in [2.45, 2.75) is 25.7 Å². The maximum Gasteiger partial charge on any atom is 0.240 e. The molecule has 0 amide bonds. The van der Waals surface area contributed by atoms with Crippen molar-refractivity contribution >= 4 is 21.1 Å². The second-order valence-corrected chi connectivity index (χ2v) is 8.78. The van der Waals surface area contributed by atoms with E-state index in [1.807, 2.05) is 51.1 Å². The zero-order chi connectivity index (χ0) is 17.4. The minimum Gasteiger partial charge on any atom is -0.338 e. The first-order chi connectivity index (χ1) is 11.2. The van der Waals surface area contributed by atoms with Crippen LogP contribution in [0.15, 0.2) is 53.4 Å². The topological polar surface area (TPSA) is 74.8 Å². The predicted molar refractivity (Wildman–Crippen MR) is 96.2 cm³/mol. The zero-order valence-electron chi connectivity index (χ0n) is 14.0. The van der Waals surface area contributed by atoms with Crippen LogP contribution in [0.25, 0.3) is 22.4 Å². The van der Waals surface area contributed by atoms with Crippen molar-refractivity contribution in [3.63, 3.8) is 0 Å². The maximum atomic E-state index is 12.5. The molecule has 1 aromatic heterocycles. The van der Waals surface area contributed by atoms with E-state index in [0.717, 1.165) is 16.9 Å². The summed E-state index contributed by atoms with van der Waals surface area (Å²) in [5.41, 5.74) is 2.28. The van der Waals surface area contributed by atoms with Gasteiger partial charge in [0.05, 0.1) is 15.9 Å². The number of rotatable bonds is 4. The van der Waals surface area contributed by atoms with Crippen molar-refractivity contribution in [1.82, 2.24) is 14.7 Å². The van der Waals surface area contributed by atoms with Gasteiger partial charge in [0.15, 0.2) is 0 Å². The Hall–Kier alpha value is -2.18. The van der Waals surface area contributed by atoms with Crippen LogP contribution in [0.5, 0.6) is 0 Å². The average Bonchev–Trinajstić information content (AvgIpc) is 2.96. The first-order valence-electron chi connectivity index (χ1n) is 7.79. The maximum absolute atomic E-state index is 12.5. The third-order valence-electron chi connectivity index (χ3n) is 3.60. The number of hydrogen-bond acceptors (Lipinski definition) is 3. The number of nitrogens with one attached hydrogen (secondary N) is 2. The number of fused-ring (bicyclic) bond motifs is 1.